The molecule has 3 aromatic carbocycles. The van der Waals surface area contributed by atoms with Gasteiger partial charge in [0.1, 0.15) is 11.2 Å². The lowest BCUT2D eigenvalue weighted by atomic mass is 9.44. The number of ether oxygens (including phenoxy) is 1. The molecule has 0 radical (unpaired) electrons. The molecule has 1 heteroatoms. The van der Waals surface area contributed by atoms with E-state index in [4.69, 9.17) is 4.74 Å². The van der Waals surface area contributed by atoms with Crippen molar-refractivity contribution in [2.24, 2.45) is 23.7 Å². The molecule has 4 aliphatic rings. The molecule has 2 aliphatic heterocycles. The molecule has 0 unspecified atom stereocenters. The third kappa shape index (κ3) is 1.50. The third-order valence-corrected chi connectivity index (χ3v) is 7.92. The van der Waals surface area contributed by atoms with E-state index in [-0.39, 0.29) is 11.2 Å². The summed E-state index contributed by atoms with van der Waals surface area (Å²) in [5, 5.41) is 0. The second-order valence-corrected chi connectivity index (χ2v) is 8.81. The fourth-order valence-electron chi connectivity index (χ4n) is 7.08. The van der Waals surface area contributed by atoms with Crippen LogP contribution in [0.2, 0.25) is 0 Å². The summed E-state index contributed by atoms with van der Waals surface area (Å²) in [6, 6.07) is 30.9. The predicted octanol–water partition coefficient (Wildman–Crippen LogP) is 5.66. The Balaban J connectivity index is 1.58. The molecule has 3 aromatic rings. The van der Waals surface area contributed by atoms with Crippen molar-refractivity contribution in [3.63, 3.8) is 0 Å². The Kier molecular flexibility index (Phi) is 2.75. The van der Waals surface area contributed by atoms with Gasteiger partial charge in [-0.25, -0.2) is 0 Å². The van der Waals surface area contributed by atoms with Gasteiger partial charge >= 0.3 is 0 Å². The standard InChI is InChI=1S/C27H22O/c1-3-10-18(11-4-1)26-22-16-7-8-17-23(22)27(28-26,19-12-5-2-6-13-19)25-21-15-9-14-20(21)24(25)26/h1-14,16-17,20-21,24-25H,15H2/t20-,21+,24+,25+,26+,27+/m1/s1. The van der Waals surface area contributed by atoms with Crippen LogP contribution in [-0.2, 0) is 15.9 Å². The second kappa shape index (κ2) is 5.04. The molecule has 2 heterocycles. The SMILES string of the molecule is C1=C[C@@H]2[C@H](C1)[C@H]1[C@H]2[C@@]2(c3ccccc3)O[C@@]1(c1ccccc1)c1ccccc12. The monoisotopic (exact) mass is 362 g/mol. The van der Waals surface area contributed by atoms with E-state index in [1.807, 2.05) is 0 Å². The lowest BCUT2D eigenvalue weighted by Gasteiger charge is -2.56. The summed E-state index contributed by atoms with van der Waals surface area (Å²) in [6.45, 7) is 0. The van der Waals surface area contributed by atoms with E-state index in [1.54, 1.807) is 0 Å². The minimum absolute atomic E-state index is 0.328. The number of hydrogen-bond acceptors (Lipinski definition) is 1. The number of benzene rings is 3. The maximum Gasteiger partial charge on any atom is 0.124 e. The van der Waals surface area contributed by atoms with Gasteiger partial charge in [0.15, 0.2) is 0 Å². The predicted molar refractivity (Wildman–Crippen MR) is 110 cm³/mol. The second-order valence-electron chi connectivity index (χ2n) is 8.81. The first-order chi connectivity index (χ1) is 13.9. The molecule has 136 valence electrons. The fraction of sp³-hybridized carbons (Fsp3) is 0.259. The van der Waals surface area contributed by atoms with Crippen LogP contribution in [0.25, 0.3) is 0 Å². The molecule has 28 heavy (non-hydrogen) atoms. The highest BCUT2D eigenvalue weighted by Gasteiger charge is 2.78. The number of fused-ring (bicyclic) bond motifs is 11. The van der Waals surface area contributed by atoms with Crippen LogP contribution in [0.15, 0.2) is 97.1 Å². The highest BCUT2D eigenvalue weighted by atomic mass is 16.5. The molecule has 7 rings (SSSR count). The number of allylic oxidation sites excluding steroid dienone is 2. The molecule has 0 N–H and O–H groups in total. The summed E-state index contributed by atoms with van der Waals surface area (Å²) in [4.78, 5) is 0. The molecule has 1 saturated carbocycles. The Morgan fingerprint density at radius 2 is 1.18 bits per heavy atom. The van der Waals surface area contributed by atoms with E-state index < -0.39 is 0 Å². The summed E-state index contributed by atoms with van der Waals surface area (Å²) >= 11 is 0. The molecular formula is C27H22O. The number of rotatable bonds is 2. The largest absolute Gasteiger partial charge is 0.349 e. The van der Waals surface area contributed by atoms with Gasteiger partial charge in [0.05, 0.1) is 0 Å². The Morgan fingerprint density at radius 1 is 0.643 bits per heavy atom. The molecule has 2 bridgehead atoms. The minimum atomic E-state index is -0.339. The number of hydrogen-bond donors (Lipinski definition) is 0. The van der Waals surface area contributed by atoms with Gasteiger partial charge in [0.25, 0.3) is 0 Å². The topological polar surface area (TPSA) is 9.23 Å². The highest BCUT2D eigenvalue weighted by Crippen LogP contribution is 2.78. The summed E-state index contributed by atoms with van der Waals surface area (Å²) in [7, 11) is 0. The van der Waals surface area contributed by atoms with E-state index in [0.717, 1.165) is 0 Å². The molecule has 0 amide bonds. The Morgan fingerprint density at radius 3 is 1.79 bits per heavy atom. The molecule has 0 aromatic heterocycles. The van der Waals surface area contributed by atoms with Gasteiger partial charge in [-0.2, -0.15) is 0 Å². The van der Waals surface area contributed by atoms with Crippen LogP contribution < -0.4 is 0 Å². The van der Waals surface area contributed by atoms with Gasteiger partial charge in [0, 0.05) is 11.8 Å². The maximum atomic E-state index is 7.38. The highest BCUT2D eigenvalue weighted by molar-refractivity contribution is 5.59. The zero-order valence-corrected chi connectivity index (χ0v) is 15.7. The first-order valence-electron chi connectivity index (χ1n) is 10.5. The molecule has 1 nitrogen and oxygen atoms in total. The molecule has 2 fully saturated rings. The quantitative estimate of drug-likeness (QED) is 0.422. The normalized spacial score (nSPS) is 38.6. The van der Waals surface area contributed by atoms with Crippen molar-refractivity contribution < 1.29 is 4.74 Å². The Hall–Kier alpha value is -2.64. The molecule has 6 atom stereocenters. The minimum Gasteiger partial charge on any atom is -0.349 e. The van der Waals surface area contributed by atoms with Gasteiger partial charge in [-0.15, -0.1) is 0 Å². The van der Waals surface area contributed by atoms with Crippen LogP contribution in [0, 0.1) is 23.7 Å². The molecule has 0 spiro atoms. The van der Waals surface area contributed by atoms with Gasteiger partial charge in [-0.3, -0.25) is 0 Å². The smallest absolute Gasteiger partial charge is 0.124 e. The van der Waals surface area contributed by atoms with Crippen molar-refractivity contribution >= 4 is 0 Å². The lowest BCUT2D eigenvalue weighted by molar-refractivity contribution is -0.0530. The van der Waals surface area contributed by atoms with E-state index >= 15 is 0 Å². The lowest BCUT2D eigenvalue weighted by Crippen LogP contribution is -2.56. The molecular weight excluding hydrogens is 340 g/mol. The van der Waals surface area contributed by atoms with E-state index in [2.05, 4.69) is 97.1 Å². The van der Waals surface area contributed by atoms with Gasteiger partial charge in [-0.1, -0.05) is 97.1 Å². The zero-order chi connectivity index (χ0) is 18.3. The van der Waals surface area contributed by atoms with Gasteiger partial charge in [0.2, 0.25) is 0 Å². The maximum absolute atomic E-state index is 7.38. The average Bonchev–Trinajstić information content (AvgIpc) is 3.38. The summed E-state index contributed by atoms with van der Waals surface area (Å²) in [6.07, 6.45) is 6.08. The van der Waals surface area contributed by atoms with E-state index in [9.17, 15) is 0 Å². The first kappa shape index (κ1) is 15.3. The summed E-state index contributed by atoms with van der Waals surface area (Å²) < 4.78 is 7.38. The van der Waals surface area contributed by atoms with Crippen molar-refractivity contribution in [1.29, 1.82) is 0 Å². The van der Waals surface area contributed by atoms with E-state index in [1.165, 1.54) is 28.7 Å². The van der Waals surface area contributed by atoms with Crippen LogP contribution >= 0.6 is 0 Å². The van der Waals surface area contributed by atoms with Crippen molar-refractivity contribution in [2.75, 3.05) is 0 Å². The summed E-state index contributed by atoms with van der Waals surface area (Å²) in [5.74, 6) is 2.37. The van der Waals surface area contributed by atoms with Crippen LogP contribution in [0.4, 0.5) is 0 Å². The van der Waals surface area contributed by atoms with Crippen LogP contribution in [-0.4, -0.2) is 0 Å². The Labute approximate surface area is 165 Å². The molecule has 1 saturated heterocycles. The van der Waals surface area contributed by atoms with Crippen molar-refractivity contribution in [3.8, 4) is 0 Å². The fourth-order valence-corrected chi connectivity index (χ4v) is 7.08. The average molecular weight is 362 g/mol. The van der Waals surface area contributed by atoms with E-state index in [0.29, 0.717) is 23.7 Å². The van der Waals surface area contributed by atoms with Crippen molar-refractivity contribution in [3.05, 3.63) is 119 Å². The van der Waals surface area contributed by atoms with Gasteiger partial charge < -0.3 is 4.74 Å². The van der Waals surface area contributed by atoms with Crippen molar-refractivity contribution in [1.82, 2.24) is 0 Å². The first-order valence-corrected chi connectivity index (χ1v) is 10.5. The zero-order valence-electron chi connectivity index (χ0n) is 15.7. The molecule has 2 aliphatic carbocycles. The Bertz CT molecular complexity index is 1100. The summed E-state index contributed by atoms with van der Waals surface area (Å²) in [5.41, 5.74) is 4.73. The third-order valence-electron chi connectivity index (χ3n) is 7.92. The van der Waals surface area contributed by atoms with Crippen molar-refractivity contribution in [2.45, 2.75) is 17.6 Å². The van der Waals surface area contributed by atoms with Crippen LogP contribution in [0.3, 0.4) is 0 Å². The van der Waals surface area contributed by atoms with Gasteiger partial charge in [-0.05, 0) is 40.5 Å². The van der Waals surface area contributed by atoms with Crippen LogP contribution in [0.1, 0.15) is 28.7 Å². The van der Waals surface area contributed by atoms with Crippen LogP contribution in [0.5, 0.6) is 0 Å².